The standard InChI is InChI=1S/C19H21N3O/c1-13-5-8-15(9-6-13)19-16(11-18(23)21(3)4)22-12-14(2)7-10-17(22)20-19/h5-10,12H,11H2,1-4H3/i1D3,3D3,11D2. The van der Waals surface area contributed by atoms with Gasteiger partial charge in [-0.15, -0.1) is 0 Å². The highest BCUT2D eigenvalue weighted by Crippen LogP contribution is 2.26. The minimum Gasteiger partial charge on any atom is -0.348 e. The van der Waals surface area contributed by atoms with E-state index >= 15 is 0 Å². The monoisotopic (exact) mass is 315 g/mol. The Bertz CT molecular complexity index is 1130. The van der Waals surface area contributed by atoms with Crippen LogP contribution in [0.25, 0.3) is 16.9 Å². The molecule has 2 aromatic heterocycles. The average Bonchev–Trinajstić information content (AvgIpc) is 3.04. The Balaban J connectivity index is 2.25. The van der Waals surface area contributed by atoms with E-state index in [4.69, 9.17) is 11.0 Å². The molecule has 0 aliphatic rings. The number of likely N-dealkylation sites (N-methyl/N-ethyl adjacent to an activating group) is 1. The van der Waals surface area contributed by atoms with Gasteiger partial charge >= 0.3 is 0 Å². The predicted molar refractivity (Wildman–Crippen MR) is 92.5 cm³/mol. The molecule has 23 heavy (non-hydrogen) atoms. The van der Waals surface area contributed by atoms with Crippen molar-refractivity contribution in [1.82, 2.24) is 14.3 Å². The highest BCUT2D eigenvalue weighted by molar-refractivity contribution is 5.81. The molecular weight excluding hydrogens is 286 g/mol. The summed E-state index contributed by atoms with van der Waals surface area (Å²) in [4.78, 5) is 17.7. The van der Waals surface area contributed by atoms with Crippen LogP contribution in [-0.4, -0.2) is 34.2 Å². The molecule has 0 fully saturated rings. The maximum atomic E-state index is 12.9. The van der Waals surface area contributed by atoms with Crippen molar-refractivity contribution in [2.24, 2.45) is 0 Å². The molecule has 0 aliphatic heterocycles. The van der Waals surface area contributed by atoms with Crippen LogP contribution in [0.3, 0.4) is 0 Å². The fourth-order valence-corrected chi connectivity index (χ4v) is 2.28. The maximum Gasteiger partial charge on any atom is 0.228 e. The predicted octanol–water partition coefficient (Wildman–Crippen LogP) is 3.25. The van der Waals surface area contributed by atoms with Crippen LogP contribution in [0.2, 0.25) is 0 Å². The molecule has 1 aromatic carbocycles. The highest BCUT2D eigenvalue weighted by Gasteiger charge is 2.18. The van der Waals surface area contributed by atoms with Crippen molar-refractivity contribution in [3.63, 3.8) is 0 Å². The number of amides is 1. The summed E-state index contributed by atoms with van der Waals surface area (Å²) < 4.78 is 63.5. The second-order valence-electron chi connectivity index (χ2n) is 5.31. The fourth-order valence-electron chi connectivity index (χ4n) is 2.28. The number of hydrogen-bond donors (Lipinski definition) is 0. The van der Waals surface area contributed by atoms with Crippen LogP contribution in [0.5, 0.6) is 0 Å². The van der Waals surface area contributed by atoms with Gasteiger partial charge in [0.05, 0.1) is 17.8 Å². The number of carbonyl (C=O) groups excluding carboxylic acids is 1. The van der Waals surface area contributed by atoms with Gasteiger partial charge < -0.3 is 9.30 Å². The molecule has 0 unspecified atom stereocenters. The van der Waals surface area contributed by atoms with Gasteiger partial charge in [0.1, 0.15) is 5.65 Å². The van der Waals surface area contributed by atoms with Crippen molar-refractivity contribution < 1.29 is 15.8 Å². The van der Waals surface area contributed by atoms with E-state index in [1.165, 1.54) is 28.7 Å². The third kappa shape index (κ3) is 2.97. The molecule has 3 rings (SSSR count). The maximum absolute atomic E-state index is 12.9. The van der Waals surface area contributed by atoms with E-state index in [1.807, 2.05) is 0 Å². The number of benzene rings is 1. The zero-order valence-corrected chi connectivity index (χ0v) is 12.8. The first kappa shape index (κ1) is 8.29. The summed E-state index contributed by atoms with van der Waals surface area (Å²) in [6.07, 6.45) is -1.12. The van der Waals surface area contributed by atoms with Gasteiger partial charge in [0, 0.05) is 36.7 Å². The number of fused-ring (bicyclic) bond motifs is 1. The number of carbonyl (C=O) groups is 1. The van der Waals surface area contributed by atoms with Crippen molar-refractivity contribution in [3.05, 3.63) is 59.4 Å². The normalized spacial score (nSPS) is 17.8. The zero-order valence-electron chi connectivity index (χ0n) is 20.8. The third-order valence-corrected chi connectivity index (χ3v) is 3.45. The summed E-state index contributed by atoms with van der Waals surface area (Å²) in [5, 5.41) is 0. The summed E-state index contributed by atoms with van der Waals surface area (Å²) in [6, 6.07) is 9.22. The largest absolute Gasteiger partial charge is 0.348 e. The average molecular weight is 315 g/mol. The fraction of sp³-hybridized carbons (Fsp3) is 0.263. The SMILES string of the molecule is [2H]C([2H])([2H])c1ccc(-c2nc3ccc(C)cn3c2C([2H])([2H])C(=O)N(C)C([2H])([2H])[2H])cc1. The summed E-state index contributed by atoms with van der Waals surface area (Å²) in [5.74, 6) is -1.24. The molecule has 0 N–H and O–H groups in total. The lowest BCUT2D eigenvalue weighted by Gasteiger charge is -2.11. The smallest absolute Gasteiger partial charge is 0.228 e. The van der Waals surface area contributed by atoms with E-state index in [2.05, 4.69) is 4.98 Å². The van der Waals surface area contributed by atoms with Gasteiger partial charge in [0.25, 0.3) is 0 Å². The molecule has 2 heterocycles. The number of hydrogen-bond acceptors (Lipinski definition) is 2. The van der Waals surface area contributed by atoms with Crippen molar-refractivity contribution in [1.29, 1.82) is 0 Å². The molecule has 0 atom stereocenters. The summed E-state index contributed by atoms with van der Waals surface area (Å²) >= 11 is 0. The van der Waals surface area contributed by atoms with Gasteiger partial charge in [-0.1, -0.05) is 35.9 Å². The number of rotatable bonds is 3. The van der Waals surface area contributed by atoms with Crippen LogP contribution in [0.1, 0.15) is 27.8 Å². The van der Waals surface area contributed by atoms with E-state index in [0.717, 1.165) is 12.6 Å². The number of nitrogens with zero attached hydrogens (tertiary/aromatic N) is 3. The first-order chi connectivity index (χ1) is 14.1. The molecule has 4 heteroatoms. The van der Waals surface area contributed by atoms with Crippen LogP contribution >= 0.6 is 0 Å². The molecule has 4 nitrogen and oxygen atoms in total. The molecule has 0 spiro atoms. The second-order valence-corrected chi connectivity index (χ2v) is 5.31. The molecule has 0 saturated carbocycles. The Labute approximate surface area is 147 Å². The number of aromatic nitrogens is 2. The quantitative estimate of drug-likeness (QED) is 0.744. The lowest BCUT2D eigenvalue weighted by Crippen LogP contribution is -2.24. The number of aryl methyl sites for hydroxylation is 2. The van der Waals surface area contributed by atoms with Gasteiger partial charge in [-0.3, -0.25) is 4.79 Å². The molecule has 118 valence electrons. The van der Waals surface area contributed by atoms with E-state index in [0.29, 0.717) is 16.1 Å². The number of imidazole rings is 1. The molecule has 3 aromatic rings. The first-order valence-corrected chi connectivity index (χ1v) is 7.02. The molecule has 0 radical (unpaired) electrons. The van der Waals surface area contributed by atoms with Crippen molar-refractivity contribution >= 4 is 11.6 Å². The Morgan fingerprint density at radius 1 is 1.26 bits per heavy atom. The van der Waals surface area contributed by atoms with Gasteiger partial charge in [0.2, 0.25) is 5.91 Å². The van der Waals surface area contributed by atoms with Crippen LogP contribution in [0, 0.1) is 13.8 Å². The third-order valence-electron chi connectivity index (χ3n) is 3.45. The van der Waals surface area contributed by atoms with Gasteiger partial charge in [0.15, 0.2) is 0 Å². The van der Waals surface area contributed by atoms with Crippen molar-refractivity contribution in [3.8, 4) is 11.3 Å². The molecular formula is C19H21N3O. The summed E-state index contributed by atoms with van der Waals surface area (Å²) in [7, 11) is 1.02. The van der Waals surface area contributed by atoms with Gasteiger partial charge in [-0.2, -0.15) is 0 Å². The van der Waals surface area contributed by atoms with Gasteiger partial charge in [-0.25, -0.2) is 4.98 Å². The Morgan fingerprint density at radius 2 is 2.00 bits per heavy atom. The van der Waals surface area contributed by atoms with Crippen LogP contribution in [0.15, 0.2) is 42.6 Å². The summed E-state index contributed by atoms with van der Waals surface area (Å²) in [6.45, 7) is -3.33. The number of pyridine rings is 1. The Morgan fingerprint density at radius 3 is 2.70 bits per heavy atom. The highest BCUT2D eigenvalue weighted by atomic mass is 16.2. The van der Waals surface area contributed by atoms with Gasteiger partial charge in [-0.05, 0) is 25.4 Å². The van der Waals surface area contributed by atoms with Crippen LogP contribution in [0.4, 0.5) is 0 Å². The molecule has 0 saturated heterocycles. The zero-order chi connectivity index (χ0) is 23.4. The van der Waals surface area contributed by atoms with E-state index < -0.39 is 26.1 Å². The molecule has 0 bridgehead atoms. The van der Waals surface area contributed by atoms with Crippen LogP contribution < -0.4 is 0 Å². The Kier molecular flexibility index (Phi) is 2.12. The van der Waals surface area contributed by atoms with Crippen molar-refractivity contribution in [2.75, 3.05) is 14.0 Å². The van der Waals surface area contributed by atoms with Crippen LogP contribution in [-0.2, 0) is 11.2 Å². The van der Waals surface area contributed by atoms with E-state index in [9.17, 15) is 4.79 Å². The summed E-state index contributed by atoms with van der Waals surface area (Å²) in [5.41, 5.74) is 1.65. The molecule has 0 aliphatic carbocycles. The second kappa shape index (κ2) is 5.88. The lowest BCUT2D eigenvalue weighted by atomic mass is 10.1. The minimum absolute atomic E-state index is 0.110. The topological polar surface area (TPSA) is 37.6 Å². The van der Waals surface area contributed by atoms with E-state index in [1.54, 1.807) is 25.3 Å². The first-order valence-electron chi connectivity index (χ1n) is 11.0. The van der Waals surface area contributed by atoms with E-state index in [-0.39, 0.29) is 17.0 Å². The lowest BCUT2D eigenvalue weighted by molar-refractivity contribution is -0.128. The molecule has 1 amide bonds. The minimum atomic E-state index is -2.82. The van der Waals surface area contributed by atoms with Crippen molar-refractivity contribution in [2.45, 2.75) is 20.1 Å². The Hall–Kier alpha value is -2.62.